The number of allylic oxidation sites excluding steroid dienone is 2. The zero-order valence-corrected chi connectivity index (χ0v) is 14.5. The lowest BCUT2D eigenvalue weighted by atomic mass is 9.90. The quantitative estimate of drug-likeness (QED) is 0.869. The van der Waals surface area contributed by atoms with Gasteiger partial charge < -0.3 is 10.2 Å². The lowest BCUT2D eigenvalue weighted by Gasteiger charge is -2.31. The van der Waals surface area contributed by atoms with Crippen molar-refractivity contribution in [1.29, 1.82) is 0 Å². The third-order valence-corrected chi connectivity index (χ3v) is 4.42. The molecule has 0 aromatic heterocycles. The summed E-state index contributed by atoms with van der Waals surface area (Å²) >= 11 is 0. The lowest BCUT2D eigenvalue weighted by Crippen LogP contribution is -2.52. The van der Waals surface area contributed by atoms with E-state index < -0.39 is 0 Å². The molecule has 127 valence electrons. The Balaban J connectivity index is 0.00000155. The lowest BCUT2D eigenvalue weighted by molar-refractivity contribution is -0.138. The van der Waals surface area contributed by atoms with Crippen molar-refractivity contribution in [2.24, 2.45) is 5.92 Å². The number of hydrogen-bond acceptors (Lipinski definition) is 2. The van der Waals surface area contributed by atoms with E-state index >= 15 is 0 Å². The smallest absolute Gasteiger partial charge is 0.245 e. The second-order valence-corrected chi connectivity index (χ2v) is 5.99. The second kappa shape index (κ2) is 9.65. The Morgan fingerprint density at radius 3 is 2.64 bits per heavy atom. The molecule has 2 amide bonds. The predicted octanol–water partition coefficient (Wildman–Crippen LogP) is 3.32. The minimum atomic E-state index is -0.360. The SMILES string of the molecule is CC.CC(=O)N[C@H](C(=O)N1CCCC1C)C1CC[C]=CCC1.[HH]. The van der Waals surface area contributed by atoms with Crippen LogP contribution < -0.4 is 5.32 Å². The van der Waals surface area contributed by atoms with E-state index in [1.807, 2.05) is 18.7 Å². The number of amides is 2. The number of hydrogen-bond donors (Lipinski definition) is 1. The van der Waals surface area contributed by atoms with Crippen LogP contribution in [0, 0.1) is 12.0 Å². The van der Waals surface area contributed by atoms with E-state index in [1.54, 1.807) is 0 Å². The van der Waals surface area contributed by atoms with E-state index in [0.717, 1.165) is 45.1 Å². The molecule has 1 N–H and O–H groups in total. The molecular formula is C18H33N2O2. The third kappa shape index (κ3) is 5.15. The van der Waals surface area contributed by atoms with Gasteiger partial charge in [-0.25, -0.2) is 0 Å². The highest BCUT2D eigenvalue weighted by molar-refractivity contribution is 5.87. The van der Waals surface area contributed by atoms with Crippen LogP contribution in [0.4, 0.5) is 0 Å². The molecule has 0 spiro atoms. The van der Waals surface area contributed by atoms with E-state index in [9.17, 15) is 9.59 Å². The molecule has 1 saturated heterocycles. The summed E-state index contributed by atoms with van der Waals surface area (Å²) in [4.78, 5) is 26.2. The molecule has 3 atom stereocenters. The first-order valence-electron chi connectivity index (χ1n) is 8.72. The number of nitrogens with zero attached hydrogens (tertiary/aromatic N) is 1. The number of nitrogens with one attached hydrogen (secondary N) is 1. The van der Waals surface area contributed by atoms with Gasteiger partial charge in [0.05, 0.1) is 0 Å². The molecular weight excluding hydrogens is 276 g/mol. The van der Waals surface area contributed by atoms with Gasteiger partial charge in [0.1, 0.15) is 6.04 Å². The minimum absolute atomic E-state index is 0. The van der Waals surface area contributed by atoms with Crippen LogP contribution in [0.2, 0.25) is 0 Å². The van der Waals surface area contributed by atoms with Crippen molar-refractivity contribution >= 4 is 11.8 Å². The molecule has 1 aliphatic heterocycles. The summed E-state index contributed by atoms with van der Waals surface area (Å²) in [6.45, 7) is 8.42. The first kappa shape index (κ1) is 18.7. The van der Waals surface area contributed by atoms with Gasteiger partial charge >= 0.3 is 0 Å². The maximum Gasteiger partial charge on any atom is 0.245 e. The fraction of sp³-hybridized carbons (Fsp3) is 0.778. The van der Waals surface area contributed by atoms with Gasteiger partial charge in [-0.15, -0.1) is 0 Å². The fourth-order valence-corrected chi connectivity index (χ4v) is 3.29. The average Bonchev–Trinajstić information content (AvgIpc) is 2.77. The molecule has 1 radical (unpaired) electrons. The zero-order valence-electron chi connectivity index (χ0n) is 14.5. The highest BCUT2D eigenvalue weighted by Crippen LogP contribution is 2.26. The highest BCUT2D eigenvalue weighted by Gasteiger charge is 2.35. The first-order valence-corrected chi connectivity index (χ1v) is 8.72. The first-order chi connectivity index (χ1) is 10.6. The van der Waals surface area contributed by atoms with Crippen molar-refractivity contribution in [3.05, 3.63) is 12.2 Å². The van der Waals surface area contributed by atoms with Crippen molar-refractivity contribution in [2.75, 3.05) is 6.54 Å². The minimum Gasteiger partial charge on any atom is -0.344 e. The molecule has 1 fully saturated rings. The third-order valence-electron chi connectivity index (χ3n) is 4.42. The van der Waals surface area contributed by atoms with E-state index in [-0.39, 0.29) is 25.2 Å². The standard InChI is InChI=1S/C16H25N2O2.C2H6.H2/c1-12-8-7-11-18(12)16(20)15(17-13(2)19)14-9-5-3-4-6-10-14;1-2;/h3,12,14-15H,5-11H2,1-2H3,(H,17,19);1-2H3;1H/t12?,14?,15-;;/m0../s1. The van der Waals surface area contributed by atoms with Gasteiger partial charge in [0, 0.05) is 20.9 Å². The normalized spacial score (nSPS) is 23.3. The zero-order chi connectivity index (χ0) is 16.5. The van der Waals surface area contributed by atoms with E-state index in [0.29, 0.717) is 6.04 Å². The molecule has 0 bridgehead atoms. The molecule has 1 aliphatic carbocycles. The van der Waals surface area contributed by atoms with Crippen LogP contribution in [0.25, 0.3) is 0 Å². The Kier molecular flexibility index (Phi) is 8.21. The van der Waals surface area contributed by atoms with Crippen LogP contribution in [0.3, 0.4) is 0 Å². The number of carbonyl (C=O) groups excluding carboxylic acids is 2. The topological polar surface area (TPSA) is 49.4 Å². The van der Waals surface area contributed by atoms with Crippen LogP contribution in [-0.2, 0) is 9.59 Å². The molecule has 4 heteroatoms. The van der Waals surface area contributed by atoms with Gasteiger partial charge in [-0.1, -0.05) is 19.9 Å². The second-order valence-electron chi connectivity index (χ2n) is 5.99. The molecule has 0 aromatic carbocycles. The monoisotopic (exact) mass is 309 g/mol. The average molecular weight is 309 g/mol. The van der Waals surface area contributed by atoms with Gasteiger partial charge in [-0.3, -0.25) is 9.59 Å². The summed E-state index contributed by atoms with van der Waals surface area (Å²) in [5.41, 5.74) is 0. The summed E-state index contributed by atoms with van der Waals surface area (Å²) in [5.74, 6) is 0.221. The van der Waals surface area contributed by atoms with Gasteiger partial charge in [-0.05, 0) is 57.4 Å². The largest absolute Gasteiger partial charge is 0.344 e. The summed E-state index contributed by atoms with van der Waals surface area (Å²) in [5, 5.41) is 2.90. The Labute approximate surface area is 136 Å². The molecule has 1 heterocycles. The van der Waals surface area contributed by atoms with Gasteiger partial charge in [0.25, 0.3) is 0 Å². The maximum atomic E-state index is 12.8. The summed E-state index contributed by atoms with van der Waals surface area (Å²) < 4.78 is 0. The van der Waals surface area contributed by atoms with Crippen molar-refractivity contribution in [3.8, 4) is 0 Å². The molecule has 2 unspecified atom stereocenters. The number of rotatable bonds is 3. The predicted molar refractivity (Wildman–Crippen MR) is 91.2 cm³/mol. The Morgan fingerprint density at radius 2 is 2.05 bits per heavy atom. The Bertz CT molecular complexity index is 388. The van der Waals surface area contributed by atoms with Gasteiger partial charge in [0.15, 0.2) is 0 Å². The van der Waals surface area contributed by atoms with Crippen LogP contribution in [0.1, 0.15) is 67.6 Å². The van der Waals surface area contributed by atoms with E-state index in [1.165, 1.54) is 6.92 Å². The molecule has 22 heavy (non-hydrogen) atoms. The summed E-state index contributed by atoms with van der Waals surface area (Å²) in [7, 11) is 0. The van der Waals surface area contributed by atoms with Crippen molar-refractivity contribution in [2.45, 2.75) is 78.3 Å². The number of likely N-dealkylation sites (tertiary alicyclic amines) is 1. The van der Waals surface area contributed by atoms with E-state index in [4.69, 9.17) is 0 Å². The maximum absolute atomic E-state index is 12.8. The van der Waals surface area contributed by atoms with Crippen LogP contribution >= 0.6 is 0 Å². The van der Waals surface area contributed by atoms with E-state index in [2.05, 4.69) is 24.4 Å². The van der Waals surface area contributed by atoms with Crippen molar-refractivity contribution in [1.82, 2.24) is 10.2 Å². The molecule has 2 aliphatic rings. The molecule has 2 rings (SSSR count). The van der Waals surface area contributed by atoms with Crippen LogP contribution in [0.5, 0.6) is 0 Å². The number of carbonyl (C=O) groups is 2. The highest BCUT2D eigenvalue weighted by atomic mass is 16.2. The Hall–Kier alpha value is -1.32. The molecule has 0 aromatic rings. The summed E-state index contributed by atoms with van der Waals surface area (Å²) in [6, 6.07) is -0.0597. The molecule has 4 nitrogen and oxygen atoms in total. The molecule has 0 saturated carbocycles. The summed E-state index contributed by atoms with van der Waals surface area (Å²) in [6.07, 6.45) is 11.1. The fourth-order valence-electron chi connectivity index (χ4n) is 3.29. The Morgan fingerprint density at radius 1 is 1.32 bits per heavy atom. The van der Waals surface area contributed by atoms with Crippen LogP contribution in [-0.4, -0.2) is 35.3 Å². The van der Waals surface area contributed by atoms with Crippen LogP contribution in [0.15, 0.2) is 6.08 Å². The van der Waals surface area contributed by atoms with Crippen molar-refractivity contribution < 1.29 is 11.0 Å². The van der Waals surface area contributed by atoms with Gasteiger partial charge in [-0.2, -0.15) is 0 Å². The van der Waals surface area contributed by atoms with Crippen molar-refractivity contribution in [3.63, 3.8) is 0 Å². The van der Waals surface area contributed by atoms with Gasteiger partial charge in [0.2, 0.25) is 11.8 Å².